The monoisotopic (exact) mass is 503 g/mol. The molecule has 186 valence electrons. The third-order valence-electron chi connectivity index (χ3n) is 4.30. The van der Waals surface area contributed by atoms with Gasteiger partial charge in [-0.3, -0.25) is 24.6 Å². The quantitative estimate of drug-likeness (QED) is 0.266. The van der Waals surface area contributed by atoms with E-state index in [4.69, 9.17) is 10.6 Å². The summed E-state index contributed by atoms with van der Waals surface area (Å²) >= 11 is 0. The van der Waals surface area contributed by atoms with Crippen molar-refractivity contribution in [2.75, 3.05) is 17.9 Å². The van der Waals surface area contributed by atoms with Crippen LogP contribution >= 0.6 is 0 Å². The van der Waals surface area contributed by atoms with Crippen LogP contribution in [0, 0.1) is 6.92 Å². The molecule has 0 atom stereocenters. The van der Waals surface area contributed by atoms with Crippen molar-refractivity contribution in [1.29, 1.82) is 0 Å². The summed E-state index contributed by atoms with van der Waals surface area (Å²) in [4.78, 5) is 29.8. The molecular formula is C20H24F3N5O5S. The van der Waals surface area contributed by atoms with Crippen molar-refractivity contribution < 1.29 is 31.2 Å². The molecule has 0 bridgehead atoms. The summed E-state index contributed by atoms with van der Waals surface area (Å²) in [6, 6.07) is 6.52. The van der Waals surface area contributed by atoms with Gasteiger partial charge < -0.3 is 15.6 Å². The van der Waals surface area contributed by atoms with Crippen LogP contribution in [0.4, 0.5) is 18.9 Å². The molecule has 5 N–H and O–H groups in total. The number of hydrogen-bond donors (Lipinski definition) is 4. The number of anilines is 1. The lowest BCUT2D eigenvalue weighted by molar-refractivity contribution is -0.137. The Morgan fingerprint density at radius 1 is 1.24 bits per heavy atom. The molecule has 2 aromatic rings. The lowest BCUT2D eigenvalue weighted by Gasteiger charge is -2.14. The fourth-order valence-corrected chi connectivity index (χ4v) is 3.97. The summed E-state index contributed by atoms with van der Waals surface area (Å²) in [5.41, 5.74) is 5.70. The van der Waals surface area contributed by atoms with Gasteiger partial charge in [0.25, 0.3) is 5.56 Å². The van der Waals surface area contributed by atoms with Gasteiger partial charge in [-0.1, -0.05) is 24.8 Å². The standard InChI is InChI=1S/C20H24F3N5O5S/c1-13-6-7-17(19(30)28(13)11-18(29)25-8-9-33-26-14(2)24)27-34(31,32)12-15-4-3-5-16(10-15)20(21,22)23/h3-7,10,26-27H,2,8-9,11-12,24H2,1H3,(H,25,29). The molecule has 0 radical (unpaired) electrons. The van der Waals surface area contributed by atoms with Gasteiger partial charge in [-0.15, -0.1) is 0 Å². The van der Waals surface area contributed by atoms with Crippen LogP contribution in [0.1, 0.15) is 16.8 Å². The van der Waals surface area contributed by atoms with E-state index in [9.17, 15) is 31.2 Å². The molecule has 2 rings (SSSR count). The second-order valence-corrected chi connectivity index (χ2v) is 8.89. The van der Waals surface area contributed by atoms with Crippen LogP contribution in [0.5, 0.6) is 0 Å². The molecule has 1 aromatic carbocycles. The Hall–Kier alpha value is -3.52. The molecule has 0 aliphatic heterocycles. The number of sulfonamides is 1. The molecule has 0 saturated heterocycles. The minimum atomic E-state index is -4.62. The van der Waals surface area contributed by atoms with Crippen LogP contribution in [-0.4, -0.2) is 32.0 Å². The molecule has 0 aliphatic rings. The lowest BCUT2D eigenvalue weighted by Crippen LogP contribution is -2.36. The lowest BCUT2D eigenvalue weighted by atomic mass is 10.1. The molecule has 0 aliphatic carbocycles. The second-order valence-electron chi connectivity index (χ2n) is 7.16. The van der Waals surface area contributed by atoms with E-state index in [0.29, 0.717) is 5.69 Å². The largest absolute Gasteiger partial charge is 0.416 e. The number of pyridine rings is 1. The minimum Gasteiger partial charge on any atom is -0.384 e. The summed E-state index contributed by atoms with van der Waals surface area (Å²) in [7, 11) is -4.23. The van der Waals surface area contributed by atoms with Gasteiger partial charge in [0.1, 0.15) is 18.1 Å². The van der Waals surface area contributed by atoms with E-state index in [-0.39, 0.29) is 30.2 Å². The Bertz CT molecular complexity index is 1210. The van der Waals surface area contributed by atoms with Crippen molar-refractivity contribution in [3.63, 3.8) is 0 Å². The van der Waals surface area contributed by atoms with Crippen molar-refractivity contribution in [2.45, 2.75) is 25.4 Å². The maximum atomic E-state index is 12.9. The first-order valence-corrected chi connectivity index (χ1v) is 11.4. The molecule has 0 fully saturated rings. The molecule has 1 aromatic heterocycles. The van der Waals surface area contributed by atoms with Gasteiger partial charge in [0.2, 0.25) is 15.9 Å². The van der Waals surface area contributed by atoms with E-state index < -0.39 is 45.5 Å². The van der Waals surface area contributed by atoms with Crippen LogP contribution in [0.25, 0.3) is 0 Å². The number of nitrogens with one attached hydrogen (secondary N) is 3. The van der Waals surface area contributed by atoms with E-state index in [1.165, 1.54) is 18.2 Å². The Kier molecular flexibility index (Phi) is 8.70. The minimum absolute atomic E-state index is 0.0607. The Labute approximate surface area is 193 Å². The Morgan fingerprint density at radius 2 is 1.94 bits per heavy atom. The number of carbonyl (C=O) groups excluding carboxylic acids is 1. The number of rotatable bonds is 11. The fraction of sp³-hybridized carbons (Fsp3) is 0.300. The average Bonchev–Trinajstić information content (AvgIpc) is 2.72. The van der Waals surface area contributed by atoms with Gasteiger partial charge >= 0.3 is 6.18 Å². The number of aromatic nitrogens is 1. The van der Waals surface area contributed by atoms with Gasteiger partial charge in [0, 0.05) is 12.2 Å². The predicted molar refractivity (Wildman–Crippen MR) is 119 cm³/mol. The van der Waals surface area contributed by atoms with E-state index in [1.807, 2.05) is 0 Å². The predicted octanol–water partition coefficient (Wildman–Crippen LogP) is 1.18. The van der Waals surface area contributed by atoms with Gasteiger partial charge in [0.15, 0.2) is 0 Å². The Morgan fingerprint density at radius 3 is 2.59 bits per heavy atom. The van der Waals surface area contributed by atoms with E-state index in [0.717, 1.165) is 22.8 Å². The van der Waals surface area contributed by atoms with E-state index >= 15 is 0 Å². The van der Waals surface area contributed by atoms with Crippen LogP contribution in [0.3, 0.4) is 0 Å². The SMILES string of the molecule is C=C(N)NOCCNC(=O)Cn1c(C)ccc(NS(=O)(=O)Cc2cccc(C(F)(F)F)c2)c1=O. The summed E-state index contributed by atoms with van der Waals surface area (Å²) in [5.74, 6) is -1.24. The number of aryl methyl sites for hydroxylation is 1. The highest BCUT2D eigenvalue weighted by Gasteiger charge is 2.30. The van der Waals surface area contributed by atoms with Crippen molar-refractivity contribution in [3.05, 3.63) is 76.0 Å². The maximum Gasteiger partial charge on any atom is 0.416 e. The van der Waals surface area contributed by atoms with Crippen molar-refractivity contribution in [3.8, 4) is 0 Å². The third-order valence-corrected chi connectivity index (χ3v) is 5.54. The number of hydroxylamine groups is 1. The van der Waals surface area contributed by atoms with Crippen molar-refractivity contribution >= 4 is 21.6 Å². The highest BCUT2D eigenvalue weighted by molar-refractivity contribution is 7.91. The first-order chi connectivity index (χ1) is 15.8. The summed E-state index contributed by atoms with van der Waals surface area (Å²) in [5, 5.41) is 2.51. The number of nitrogens with zero attached hydrogens (tertiary/aromatic N) is 1. The third kappa shape index (κ3) is 8.12. The van der Waals surface area contributed by atoms with Crippen LogP contribution in [0.15, 0.2) is 53.6 Å². The number of carbonyl (C=O) groups is 1. The molecule has 34 heavy (non-hydrogen) atoms. The normalized spacial score (nSPS) is 11.6. The highest BCUT2D eigenvalue weighted by Crippen LogP contribution is 2.29. The van der Waals surface area contributed by atoms with Gasteiger partial charge in [-0.25, -0.2) is 8.42 Å². The number of benzene rings is 1. The highest BCUT2D eigenvalue weighted by atomic mass is 32.2. The molecule has 10 nitrogen and oxygen atoms in total. The van der Waals surface area contributed by atoms with Crippen LogP contribution in [0.2, 0.25) is 0 Å². The molecule has 1 amide bonds. The van der Waals surface area contributed by atoms with E-state index in [2.05, 4.69) is 22.1 Å². The van der Waals surface area contributed by atoms with Crippen molar-refractivity contribution in [2.24, 2.45) is 5.73 Å². The Balaban J connectivity index is 2.09. The number of amides is 1. The zero-order chi connectivity index (χ0) is 25.5. The molecule has 0 saturated carbocycles. The van der Waals surface area contributed by atoms with Gasteiger partial charge in [-0.05, 0) is 30.7 Å². The summed E-state index contributed by atoms with van der Waals surface area (Å²) in [6.45, 7) is 4.66. The zero-order valence-electron chi connectivity index (χ0n) is 18.1. The topological polar surface area (TPSA) is 145 Å². The summed E-state index contributed by atoms with van der Waals surface area (Å²) < 4.78 is 66.8. The van der Waals surface area contributed by atoms with Crippen molar-refractivity contribution in [1.82, 2.24) is 15.4 Å². The molecule has 0 unspecified atom stereocenters. The van der Waals surface area contributed by atoms with Crippen LogP contribution < -0.4 is 26.8 Å². The van der Waals surface area contributed by atoms with E-state index in [1.54, 1.807) is 6.92 Å². The zero-order valence-corrected chi connectivity index (χ0v) is 18.9. The smallest absolute Gasteiger partial charge is 0.384 e. The number of hydrogen-bond acceptors (Lipinski definition) is 7. The second kappa shape index (κ2) is 11.1. The number of halogens is 3. The molecule has 14 heteroatoms. The summed E-state index contributed by atoms with van der Waals surface area (Å²) in [6.07, 6.45) is -4.62. The molecule has 0 spiro atoms. The number of alkyl halides is 3. The fourth-order valence-electron chi connectivity index (χ4n) is 2.79. The number of nitrogens with two attached hydrogens (primary N) is 1. The molecule has 1 heterocycles. The first kappa shape index (κ1) is 26.7. The van der Waals surface area contributed by atoms with Gasteiger partial charge in [0.05, 0.1) is 17.9 Å². The first-order valence-electron chi connectivity index (χ1n) is 9.74. The van der Waals surface area contributed by atoms with Crippen LogP contribution in [-0.2, 0) is 38.1 Å². The van der Waals surface area contributed by atoms with Gasteiger partial charge in [-0.2, -0.15) is 13.2 Å². The average molecular weight is 504 g/mol. The maximum absolute atomic E-state index is 12.9. The molecular weight excluding hydrogens is 479 g/mol.